The maximum Gasteiger partial charge on any atom is 2.00 e. The average Bonchev–Trinajstić information content (AvgIpc) is 4.04. The molecule has 3 aromatic heterocycles. The van der Waals surface area contributed by atoms with Crippen LogP contribution in [0.2, 0.25) is 0 Å². The first-order valence-corrected chi connectivity index (χ1v) is 19.1. The summed E-state index contributed by atoms with van der Waals surface area (Å²) in [5, 5.41) is 0. The Morgan fingerprint density at radius 3 is 1.18 bits per heavy atom. The first kappa shape index (κ1) is 37.1. The molecule has 2 aliphatic rings. The van der Waals surface area contributed by atoms with E-state index in [-0.39, 0.29) is 25.8 Å². The minimum atomic E-state index is 0. The number of aryl methyl sites for hydroxylation is 2. The zero-order valence-corrected chi connectivity index (χ0v) is 33.8. The van der Waals surface area contributed by atoms with Crippen molar-refractivity contribution in [1.82, 2.24) is 19.9 Å². The van der Waals surface area contributed by atoms with Crippen LogP contribution in [0.25, 0.3) is 90.9 Å². The minimum Gasteiger partial charge on any atom is -0.657 e. The number of hydrogen-bond acceptors (Lipinski definition) is 2. The Kier molecular flexibility index (Phi) is 9.93. The quantitative estimate of drug-likeness (QED) is 0.162. The van der Waals surface area contributed by atoms with Crippen LogP contribution in [-0.2, 0) is 32.3 Å². The summed E-state index contributed by atoms with van der Waals surface area (Å²) in [6.45, 7) is 11.0. The van der Waals surface area contributed by atoms with Gasteiger partial charge in [0.15, 0.2) is 0 Å². The van der Waals surface area contributed by atoms with Crippen LogP contribution in [0.3, 0.4) is 0 Å². The van der Waals surface area contributed by atoms with E-state index in [9.17, 15) is 0 Å². The maximum absolute atomic E-state index is 5.43. The molecule has 0 aliphatic carbocycles. The molecule has 0 radical (unpaired) electrons. The Hall–Kier alpha value is -5.86. The molecule has 0 unspecified atom stereocenters. The van der Waals surface area contributed by atoms with Crippen LogP contribution >= 0.6 is 0 Å². The number of nitrogens with zero attached hydrogens (tertiary/aromatic N) is 4. The molecule has 0 atom stereocenters. The minimum absolute atomic E-state index is 0. The van der Waals surface area contributed by atoms with Crippen molar-refractivity contribution < 1.29 is 20.4 Å². The molecule has 56 heavy (non-hydrogen) atoms. The summed E-state index contributed by atoms with van der Waals surface area (Å²) in [5.41, 5.74) is 18.9. The summed E-state index contributed by atoms with van der Waals surface area (Å²) in [6, 6.07) is 45.3. The number of aromatic nitrogens is 4. The van der Waals surface area contributed by atoms with Crippen LogP contribution < -0.4 is 9.97 Å². The SMILES string of the molecule is CCc1ccc(-c2c3nc(c(-c4ccccc4)c4ccc([n-]4)c(-c4ccc(C)cc4)c4nc(c(-c5ccc(C(C)(C)C)cc5)c5ccc2[n-]5)C=C4)C=C3)cc1.[Pd+2]. The zero-order valence-electron chi connectivity index (χ0n) is 32.2. The van der Waals surface area contributed by atoms with E-state index >= 15 is 0 Å². The van der Waals surface area contributed by atoms with Crippen molar-refractivity contribution in [3.63, 3.8) is 0 Å². The number of benzene rings is 4. The van der Waals surface area contributed by atoms with Crippen LogP contribution in [0.15, 0.2) is 127 Å². The largest absolute Gasteiger partial charge is 2.00 e. The molecule has 9 rings (SSSR count). The smallest absolute Gasteiger partial charge is 0.657 e. The van der Waals surface area contributed by atoms with Crippen molar-refractivity contribution in [2.75, 3.05) is 0 Å². The number of rotatable bonds is 5. The van der Waals surface area contributed by atoms with Crippen LogP contribution in [0.4, 0.5) is 0 Å². The van der Waals surface area contributed by atoms with Gasteiger partial charge in [-0.15, -0.1) is 22.1 Å². The van der Waals surface area contributed by atoms with Gasteiger partial charge in [-0.3, -0.25) is 0 Å². The van der Waals surface area contributed by atoms with Gasteiger partial charge in [0.05, 0.1) is 22.8 Å². The zero-order chi connectivity index (χ0) is 37.7. The van der Waals surface area contributed by atoms with Crippen LogP contribution in [0.5, 0.6) is 0 Å². The van der Waals surface area contributed by atoms with E-state index in [2.05, 4.69) is 180 Å². The predicted octanol–water partition coefficient (Wildman–Crippen LogP) is 12.7. The maximum atomic E-state index is 5.43. The first-order chi connectivity index (χ1) is 26.7. The summed E-state index contributed by atoms with van der Waals surface area (Å²) >= 11 is 0. The van der Waals surface area contributed by atoms with E-state index in [1.807, 2.05) is 6.07 Å². The molecule has 0 fully saturated rings. The van der Waals surface area contributed by atoms with Gasteiger partial charge >= 0.3 is 20.4 Å². The van der Waals surface area contributed by atoms with Crippen LogP contribution in [0, 0.1) is 6.92 Å². The molecule has 4 nitrogen and oxygen atoms in total. The third kappa shape index (κ3) is 6.94. The van der Waals surface area contributed by atoms with Gasteiger partial charge in [-0.05, 0) is 98.7 Å². The van der Waals surface area contributed by atoms with Gasteiger partial charge in [0.2, 0.25) is 0 Å². The molecule has 7 aromatic rings. The van der Waals surface area contributed by atoms with Crippen LogP contribution in [0.1, 0.15) is 67.2 Å². The topological polar surface area (TPSA) is 54.0 Å². The molecule has 8 bridgehead atoms. The molecule has 2 aliphatic heterocycles. The Balaban J connectivity index is 0.00000441. The van der Waals surface area contributed by atoms with Crippen molar-refractivity contribution in [2.45, 2.75) is 46.5 Å². The van der Waals surface area contributed by atoms with E-state index in [4.69, 9.17) is 19.9 Å². The monoisotopic (exact) mass is 816 g/mol. The fraction of sp³-hybridized carbons (Fsp3) is 0.137. The second kappa shape index (κ2) is 15.0. The van der Waals surface area contributed by atoms with Crippen molar-refractivity contribution in [3.8, 4) is 44.5 Å². The van der Waals surface area contributed by atoms with E-state index in [0.29, 0.717) is 0 Å². The van der Waals surface area contributed by atoms with Crippen LogP contribution in [-0.4, -0.2) is 9.97 Å². The Labute approximate surface area is 342 Å². The Morgan fingerprint density at radius 2 is 0.804 bits per heavy atom. The third-order valence-corrected chi connectivity index (χ3v) is 10.7. The summed E-state index contributed by atoms with van der Waals surface area (Å²) in [6.07, 6.45) is 9.48. The van der Waals surface area contributed by atoms with E-state index in [1.165, 1.54) is 16.7 Å². The van der Waals surface area contributed by atoms with Gasteiger partial charge in [0.1, 0.15) is 0 Å². The van der Waals surface area contributed by atoms with Crippen molar-refractivity contribution >= 4 is 46.4 Å². The molecule has 5 heterocycles. The molecule has 4 aromatic carbocycles. The van der Waals surface area contributed by atoms with Gasteiger partial charge in [0, 0.05) is 0 Å². The Morgan fingerprint density at radius 1 is 0.446 bits per heavy atom. The average molecular weight is 817 g/mol. The second-order valence-corrected chi connectivity index (χ2v) is 15.5. The fourth-order valence-corrected chi connectivity index (χ4v) is 7.64. The fourth-order valence-electron chi connectivity index (χ4n) is 7.64. The summed E-state index contributed by atoms with van der Waals surface area (Å²) in [7, 11) is 0. The van der Waals surface area contributed by atoms with Gasteiger partial charge in [-0.1, -0.05) is 161 Å². The normalized spacial score (nSPS) is 12.2. The predicted molar refractivity (Wildman–Crippen MR) is 231 cm³/mol. The van der Waals surface area contributed by atoms with Gasteiger partial charge < -0.3 is 9.97 Å². The molecule has 5 heteroatoms. The summed E-state index contributed by atoms with van der Waals surface area (Å²) in [5.74, 6) is 0. The van der Waals surface area contributed by atoms with Crippen molar-refractivity contribution in [3.05, 3.63) is 167 Å². The van der Waals surface area contributed by atoms with Gasteiger partial charge in [0.25, 0.3) is 0 Å². The molecule has 0 amide bonds. The second-order valence-electron chi connectivity index (χ2n) is 15.5. The molecule has 0 saturated carbocycles. The summed E-state index contributed by atoms with van der Waals surface area (Å²) < 4.78 is 0. The molecule has 0 spiro atoms. The molecular weight excluding hydrogens is 775 g/mol. The van der Waals surface area contributed by atoms with E-state index in [0.717, 1.165) is 95.8 Å². The van der Waals surface area contributed by atoms with E-state index < -0.39 is 0 Å². The number of hydrogen-bond donors (Lipinski definition) is 0. The van der Waals surface area contributed by atoms with Gasteiger partial charge in [-0.2, -0.15) is 0 Å². The van der Waals surface area contributed by atoms with Crippen molar-refractivity contribution in [1.29, 1.82) is 0 Å². The van der Waals surface area contributed by atoms with E-state index in [1.54, 1.807) is 0 Å². The third-order valence-electron chi connectivity index (χ3n) is 10.7. The molecule has 276 valence electrons. The first-order valence-electron chi connectivity index (χ1n) is 19.1. The molecule has 0 saturated heterocycles. The summed E-state index contributed by atoms with van der Waals surface area (Å²) in [4.78, 5) is 21.6. The standard InChI is InChI=1S/C51H42N4.Pd/c1-6-33-14-18-36(19-15-33)49-43-27-25-40(53-43)47(34-10-8-7-9-11-34)39-24-26-41(52-39)48(35-16-12-32(2)13-17-35)42-28-30-45(54-42)50(46-31-29-44(49)55-46)37-20-22-38(23-21-37)51(3,4)5;/h7-31H,6H2,1-5H3;/q-2;+2. The molecular formula is C51H42N4Pd. The molecule has 0 N–H and O–H groups in total. The Bertz CT molecular complexity index is 2800. The van der Waals surface area contributed by atoms with Gasteiger partial charge in [-0.25, -0.2) is 9.97 Å². The van der Waals surface area contributed by atoms with Crippen molar-refractivity contribution in [2.24, 2.45) is 0 Å². The number of fused-ring (bicyclic) bond motifs is 8.